The van der Waals surface area contributed by atoms with Crippen LogP contribution in [0.4, 0.5) is 13.2 Å². The van der Waals surface area contributed by atoms with E-state index >= 15 is 0 Å². The molecule has 0 bridgehead atoms. The Morgan fingerprint density at radius 3 is 2.65 bits per heavy atom. The molecule has 0 saturated carbocycles. The Bertz CT molecular complexity index is 992. The van der Waals surface area contributed by atoms with E-state index in [0.29, 0.717) is 43.0 Å². The molecule has 0 radical (unpaired) electrons. The predicted octanol–water partition coefficient (Wildman–Crippen LogP) is 4.04. The van der Waals surface area contributed by atoms with Crippen molar-refractivity contribution in [1.29, 1.82) is 0 Å². The molecule has 0 aliphatic carbocycles. The van der Waals surface area contributed by atoms with Crippen molar-refractivity contribution in [3.63, 3.8) is 0 Å². The average Bonchev–Trinajstić information content (AvgIpc) is 3.25. The Hall–Kier alpha value is -3.14. The van der Waals surface area contributed by atoms with Gasteiger partial charge < -0.3 is 15.4 Å². The number of ether oxygens (including phenoxy) is 1. The Kier molecular flexibility index (Phi) is 7.82. The van der Waals surface area contributed by atoms with Gasteiger partial charge >= 0.3 is 6.18 Å². The Morgan fingerprint density at radius 1 is 1.13 bits per heavy atom. The maximum Gasteiger partial charge on any atom is 0.434 e. The fourth-order valence-corrected chi connectivity index (χ4v) is 3.46. The number of aromatic nitrogens is 2. The van der Waals surface area contributed by atoms with Crippen molar-refractivity contribution >= 4 is 17.3 Å². The van der Waals surface area contributed by atoms with Crippen LogP contribution in [0.1, 0.15) is 21.8 Å². The summed E-state index contributed by atoms with van der Waals surface area (Å²) in [5.74, 6) is 1.04. The van der Waals surface area contributed by atoms with Crippen LogP contribution < -0.4 is 15.4 Å². The highest BCUT2D eigenvalue weighted by molar-refractivity contribution is 7.09. The molecule has 2 heterocycles. The molecule has 0 amide bonds. The third kappa shape index (κ3) is 6.95. The molecular weight excluding hydrogens is 427 g/mol. The van der Waals surface area contributed by atoms with E-state index in [-0.39, 0.29) is 0 Å². The topological polar surface area (TPSA) is 71.4 Å². The van der Waals surface area contributed by atoms with Gasteiger partial charge in [0.15, 0.2) is 11.7 Å². The molecule has 1 aromatic carbocycles. The van der Waals surface area contributed by atoms with Crippen LogP contribution in [0.3, 0.4) is 0 Å². The first-order chi connectivity index (χ1) is 15.0. The molecular formula is C21H22F3N5OS. The molecule has 0 aliphatic heterocycles. The van der Waals surface area contributed by atoms with Crippen LogP contribution in [-0.2, 0) is 25.7 Å². The summed E-state index contributed by atoms with van der Waals surface area (Å²) in [6.45, 7) is 1.23. The maximum atomic E-state index is 12.6. The third-order valence-corrected chi connectivity index (χ3v) is 5.12. The van der Waals surface area contributed by atoms with Gasteiger partial charge in [-0.3, -0.25) is 4.99 Å². The van der Waals surface area contributed by atoms with Crippen LogP contribution in [0.5, 0.6) is 5.88 Å². The van der Waals surface area contributed by atoms with Gasteiger partial charge in [0.2, 0.25) is 5.88 Å². The minimum Gasteiger partial charge on any atom is -0.473 e. The summed E-state index contributed by atoms with van der Waals surface area (Å²) in [6, 6.07) is 13.5. The van der Waals surface area contributed by atoms with Crippen LogP contribution in [0.15, 0.2) is 59.0 Å². The number of hydrogen-bond donors (Lipinski definition) is 2. The second kappa shape index (κ2) is 10.8. The molecule has 2 N–H and O–H groups in total. The second-order valence-electron chi connectivity index (χ2n) is 6.47. The number of alkyl halides is 3. The maximum absolute atomic E-state index is 12.6. The molecule has 0 spiro atoms. The van der Waals surface area contributed by atoms with Crippen molar-refractivity contribution < 1.29 is 17.9 Å². The number of guanidine groups is 1. The number of nitrogens with zero attached hydrogens (tertiary/aromatic N) is 3. The molecule has 0 atom stereocenters. The zero-order chi connectivity index (χ0) is 22.1. The minimum atomic E-state index is -4.41. The van der Waals surface area contributed by atoms with Gasteiger partial charge in [-0.25, -0.2) is 9.97 Å². The van der Waals surface area contributed by atoms with Gasteiger partial charge in [0, 0.05) is 43.7 Å². The number of benzene rings is 1. The van der Waals surface area contributed by atoms with Gasteiger partial charge in [-0.1, -0.05) is 36.4 Å². The van der Waals surface area contributed by atoms with Gasteiger partial charge in [-0.15, -0.1) is 11.3 Å². The SMILES string of the molecule is CN=C(NCCc1nc(C(F)(F)F)cs1)NCc1cccnc1OCc1ccccc1. The summed E-state index contributed by atoms with van der Waals surface area (Å²) < 4.78 is 43.8. The standard InChI is InChI=1S/C21H22F3N5OS/c1-25-20(27-11-9-18-29-17(14-31-18)21(22,23)24)28-12-16-8-5-10-26-19(16)30-13-15-6-3-2-4-7-15/h2-8,10,14H,9,11-13H2,1H3,(H2,25,27,28). The van der Waals surface area contributed by atoms with E-state index in [4.69, 9.17) is 4.74 Å². The number of thiazole rings is 1. The highest BCUT2D eigenvalue weighted by Gasteiger charge is 2.33. The highest BCUT2D eigenvalue weighted by Crippen LogP contribution is 2.30. The van der Waals surface area contributed by atoms with Crippen LogP contribution in [-0.4, -0.2) is 29.5 Å². The summed E-state index contributed by atoms with van der Waals surface area (Å²) in [7, 11) is 1.62. The summed E-state index contributed by atoms with van der Waals surface area (Å²) in [4.78, 5) is 12.1. The molecule has 164 valence electrons. The lowest BCUT2D eigenvalue weighted by atomic mass is 10.2. The molecule has 31 heavy (non-hydrogen) atoms. The number of pyridine rings is 1. The Balaban J connectivity index is 1.49. The first kappa shape index (κ1) is 22.5. The van der Waals surface area contributed by atoms with E-state index < -0.39 is 11.9 Å². The van der Waals surface area contributed by atoms with E-state index in [9.17, 15) is 13.2 Å². The van der Waals surface area contributed by atoms with Crippen molar-refractivity contribution in [2.24, 2.45) is 4.99 Å². The largest absolute Gasteiger partial charge is 0.473 e. The summed E-state index contributed by atoms with van der Waals surface area (Å²) in [5, 5.41) is 7.68. The lowest BCUT2D eigenvalue weighted by Gasteiger charge is -2.14. The molecule has 3 rings (SSSR count). The van der Waals surface area contributed by atoms with Crippen LogP contribution >= 0.6 is 11.3 Å². The average molecular weight is 450 g/mol. The number of halogens is 3. The van der Waals surface area contributed by atoms with Gasteiger partial charge in [0.1, 0.15) is 6.61 Å². The van der Waals surface area contributed by atoms with Crippen molar-refractivity contribution in [3.05, 3.63) is 75.9 Å². The molecule has 0 aliphatic rings. The highest BCUT2D eigenvalue weighted by atomic mass is 32.1. The lowest BCUT2D eigenvalue weighted by Crippen LogP contribution is -2.38. The van der Waals surface area contributed by atoms with Crippen molar-refractivity contribution in [2.75, 3.05) is 13.6 Å². The summed E-state index contributed by atoms with van der Waals surface area (Å²) in [6.07, 6.45) is -2.39. The molecule has 0 unspecified atom stereocenters. The van der Waals surface area contributed by atoms with Gasteiger partial charge in [0.25, 0.3) is 0 Å². The van der Waals surface area contributed by atoms with Crippen LogP contribution in [0.2, 0.25) is 0 Å². The minimum absolute atomic E-state index is 0.361. The van der Waals surface area contributed by atoms with Gasteiger partial charge in [-0.2, -0.15) is 13.2 Å². The number of rotatable bonds is 8. The van der Waals surface area contributed by atoms with Gasteiger partial charge in [-0.05, 0) is 11.6 Å². The smallest absolute Gasteiger partial charge is 0.434 e. The molecule has 0 saturated heterocycles. The van der Waals surface area contributed by atoms with Crippen molar-refractivity contribution in [2.45, 2.75) is 25.7 Å². The third-order valence-electron chi connectivity index (χ3n) is 4.21. The number of hydrogen-bond acceptors (Lipinski definition) is 5. The normalized spacial score (nSPS) is 11.9. The van der Waals surface area contributed by atoms with Crippen LogP contribution in [0.25, 0.3) is 0 Å². The van der Waals surface area contributed by atoms with E-state index in [0.717, 1.165) is 27.8 Å². The Morgan fingerprint density at radius 2 is 1.94 bits per heavy atom. The number of aliphatic imine (C=N–C) groups is 1. The van der Waals surface area contributed by atoms with E-state index in [2.05, 4.69) is 25.6 Å². The quantitative estimate of drug-likeness (QED) is 0.401. The number of nitrogens with one attached hydrogen (secondary N) is 2. The molecule has 3 aromatic rings. The van der Waals surface area contributed by atoms with Gasteiger partial charge in [0.05, 0.1) is 5.01 Å². The molecule has 0 fully saturated rings. The zero-order valence-electron chi connectivity index (χ0n) is 16.8. The fraction of sp³-hybridized carbons (Fsp3) is 0.286. The first-order valence-corrected chi connectivity index (χ1v) is 10.4. The predicted molar refractivity (Wildman–Crippen MR) is 114 cm³/mol. The van der Waals surface area contributed by atoms with E-state index in [1.807, 2.05) is 42.5 Å². The van der Waals surface area contributed by atoms with Crippen molar-refractivity contribution in [3.8, 4) is 5.88 Å². The molecule has 2 aromatic heterocycles. The van der Waals surface area contributed by atoms with E-state index in [1.54, 1.807) is 13.2 Å². The van der Waals surface area contributed by atoms with Crippen LogP contribution in [0, 0.1) is 0 Å². The van der Waals surface area contributed by atoms with E-state index in [1.165, 1.54) is 0 Å². The lowest BCUT2D eigenvalue weighted by molar-refractivity contribution is -0.140. The zero-order valence-corrected chi connectivity index (χ0v) is 17.6. The van der Waals surface area contributed by atoms with Crippen molar-refractivity contribution in [1.82, 2.24) is 20.6 Å². The summed E-state index contributed by atoms with van der Waals surface area (Å²) in [5.41, 5.74) is 1.05. The second-order valence-corrected chi connectivity index (χ2v) is 7.41. The summed E-state index contributed by atoms with van der Waals surface area (Å²) >= 11 is 0.995. The molecule has 10 heteroatoms. The first-order valence-electron chi connectivity index (χ1n) is 9.52. The monoisotopic (exact) mass is 449 g/mol. The Labute approximate surface area is 182 Å². The molecule has 6 nitrogen and oxygen atoms in total. The fourth-order valence-electron chi connectivity index (χ4n) is 2.66.